The van der Waals surface area contributed by atoms with Crippen LogP contribution in [-0.2, 0) is 6.18 Å². The summed E-state index contributed by atoms with van der Waals surface area (Å²) in [4.78, 5) is 2.02. The van der Waals surface area contributed by atoms with E-state index in [9.17, 15) is 17.6 Å². The Hall–Kier alpha value is -0.850. The third-order valence-electron chi connectivity index (χ3n) is 4.80. The van der Waals surface area contributed by atoms with Crippen LogP contribution in [-0.4, -0.2) is 31.1 Å². The fraction of sp³-hybridized carbons (Fsp3) is 0.625. The Morgan fingerprint density at radius 1 is 1.13 bits per heavy atom. The lowest BCUT2D eigenvalue weighted by atomic mass is 9.75. The second-order valence-corrected chi connectivity index (χ2v) is 6.12. The molecule has 1 saturated heterocycles. The number of hydrogen-bond acceptors (Lipinski definition) is 2. The molecule has 7 heteroatoms. The quantitative estimate of drug-likeness (QED) is 0.827. The van der Waals surface area contributed by atoms with Gasteiger partial charge in [-0.3, -0.25) is 4.90 Å². The number of rotatable bonds is 3. The van der Waals surface area contributed by atoms with Crippen LogP contribution in [0.1, 0.15) is 36.4 Å². The van der Waals surface area contributed by atoms with E-state index in [1.54, 1.807) is 0 Å². The van der Waals surface area contributed by atoms with Crippen molar-refractivity contribution < 1.29 is 17.6 Å². The number of piperazine rings is 1. The fourth-order valence-corrected chi connectivity index (χ4v) is 3.52. The van der Waals surface area contributed by atoms with E-state index >= 15 is 0 Å². The molecule has 1 aliphatic heterocycles. The van der Waals surface area contributed by atoms with Crippen molar-refractivity contribution in [2.75, 3.05) is 26.2 Å². The Balaban J connectivity index is 0.00000192. The van der Waals surface area contributed by atoms with Crippen LogP contribution in [0.25, 0.3) is 0 Å². The van der Waals surface area contributed by atoms with Crippen molar-refractivity contribution in [1.29, 1.82) is 0 Å². The van der Waals surface area contributed by atoms with Crippen LogP contribution in [0.3, 0.4) is 0 Å². The number of halogens is 5. The Labute approximate surface area is 139 Å². The van der Waals surface area contributed by atoms with E-state index in [-0.39, 0.29) is 23.9 Å². The van der Waals surface area contributed by atoms with Crippen LogP contribution in [0, 0.1) is 11.7 Å². The van der Waals surface area contributed by atoms with Gasteiger partial charge >= 0.3 is 6.18 Å². The molecule has 2 aliphatic rings. The summed E-state index contributed by atoms with van der Waals surface area (Å²) in [6.07, 6.45) is -1.75. The van der Waals surface area contributed by atoms with E-state index < -0.39 is 23.6 Å². The molecule has 1 aromatic rings. The Morgan fingerprint density at radius 2 is 1.78 bits per heavy atom. The topological polar surface area (TPSA) is 15.3 Å². The number of nitrogens with one attached hydrogen (secondary N) is 1. The molecule has 1 heterocycles. The zero-order valence-electron chi connectivity index (χ0n) is 12.7. The van der Waals surface area contributed by atoms with E-state index in [1.165, 1.54) is 0 Å². The number of hydrogen-bond donors (Lipinski definition) is 1. The highest BCUT2D eigenvalue weighted by molar-refractivity contribution is 5.85. The van der Waals surface area contributed by atoms with Crippen LogP contribution in [0.15, 0.2) is 18.2 Å². The molecule has 0 amide bonds. The predicted octanol–water partition coefficient (Wildman–Crippen LogP) is 4.01. The van der Waals surface area contributed by atoms with E-state index in [2.05, 4.69) is 5.32 Å². The molecule has 0 aromatic heterocycles. The van der Waals surface area contributed by atoms with Gasteiger partial charge in [-0.25, -0.2) is 4.39 Å². The minimum Gasteiger partial charge on any atom is -0.314 e. The minimum absolute atomic E-state index is 0. The molecular weight excluding hydrogens is 332 g/mol. The van der Waals surface area contributed by atoms with Gasteiger partial charge in [0.15, 0.2) is 0 Å². The van der Waals surface area contributed by atoms with Crippen molar-refractivity contribution in [2.24, 2.45) is 5.92 Å². The molecule has 1 N–H and O–H groups in total. The van der Waals surface area contributed by atoms with Gasteiger partial charge in [0.1, 0.15) is 5.82 Å². The molecule has 0 spiro atoms. The summed E-state index contributed by atoms with van der Waals surface area (Å²) in [7, 11) is 0. The molecule has 1 aromatic carbocycles. The molecule has 0 unspecified atom stereocenters. The van der Waals surface area contributed by atoms with E-state index in [4.69, 9.17) is 0 Å². The summed E-state index contributed by atoms with van der Waals surface area (Å²) in [5.74, 6) is -0.610. The molecule has 1 saturated carbocycles. The van der Waals surface area contributed by atoms with Crippen molar-refractivity contribution in [3.8, 4) is 0 Å². The third-order valence-corrected chi connectivity index (χ3v) is 4.80. The van der Waals surface area contributed by atoms with Crippen molar-refractivity contribution in [3.63, 3.8) is 0 Å². The van der Waals surface area contributed by atoms with Gasteiger partial charge in [-0.2, -0.15) is 13.2 Å². The SMILES string of the molecule is Cl.Fc1cccc(C(F)(F)F)c1[C@@H](C1CCC1)N1CCNCC1. The number of alkyl halides is 3. The zero-order chi connectivity index (χ0) is 15.7. The summed E-state index contributed by atoms with van der Waals surface area (Å²) in [5.41, 5.74) is -0.968. The first-order valence-electron chi connectivity index (χ1n) is 7.79. The van der Waals surface area contributed by atoms with Crippen molar-refractivity contribution >= 4 is 12.4 Å². The van der Waals surface area contributed by atoms with Gasteiger partial charge in [0.25, 0.3) is 0 Å². The molecule has 3 rings (SSSR count). The molecule has 23 heavy (non-hydrogen) atoms. The number of benzene rings is 1. The standard InChI is InChI=1S/C16H20F4N2.ClH/c17-13-6-2-5-12(16(18,19)20)14(13)15(11-3-1-4-11)22-9-7-21-8-10-22;/h2,5-6,11,15,21H,1,3-4,7-10H2;1H/t15-;/m1./s1. The zero-order valence-corrected chi connectivity index (χ0v) is 13.5. The number of nitrogens with zero attached hydrogens (tertiary/aromatic N) is 1. The average Bonchev–Trinajstić information content (AvgIpc) is 2.43. The van der Waals surface area contributed by atoms with Crippen LogP contribution in [0.4, 0.5) is 17.6 Å². The van der Waals surface area contributed by atoms with Gasteiger partial charge in [-0.15, -0.1) is 12.4 Å². The largest absolute Gasteiger partial charge is 0.416 e. The van der Waals surface area contributed by atoms with Crippen molar-refractivity contribution in [1.82, 2.24) is 10.2 Å². The maximum atomic E-state index is 14.4. The van der Waals surface area contributed by atoms with Crippen LogP contribution in [0.5, 0.6) is 0 Å². The van der Waals surface area contributed by atoms with Gasteiger partial charge < -0.3 is 5.32 Å². The van der Waals surface area contributed by atoms with Crippen molar-refractivity contribution in [2.45, 2.75) is 31.5 Å². The highest BCUT2D eigenvalue weighted by Crippen LogP contribution is 2.46. The van der Waals surface area contributed by atoms with E-state index in [1.807, 2.05) is 4.90 Å². The maximum Gasteiger partial charge on any atom is 0.416 e. The molecule has 130 valence electrons. The van der Waals surface area contributed by atoms with E-state index in [0.29, 0.717) is 13.1 Å². The second kappa shape index (κ2) is 7.36. The first-order valence-corrected chi connectivity index (χ1v) is 7.79. The molecular formula is C16H21ClF4N2. The second-order valence-electron chi connectivity index (χ2n) is 6.12. The summed E-state index contributed by atoms with van der Waals surface area (Å²) >= 11 is 0. The van der Waals surface area contributed by atoms with Gasteiger partial charge in [0.2, 0.25) is 0 Å². The lowest BCUT2D eigenvalue weighted by molar-refractivity contribution is -0.139. The summed E-state index contributed by atoms with van der Waals surface area (Å²) in [5, 5.41) is 3.20. The van der Waals surface area contributed by atoms with Crippen LogP contribution in [0.2, 0.25) is 0 Å². The molecule has 2 fully saturated rings. The van der Waals surface area contributed by atoms with Crippen LogP contribution < -0.4 is 5.32 Å². The molecule has 0 bridgehead atoms. The molecule has 2 nitrogen and oxygen atoms in total. The van der Waals surface area contributed by atoms with E-state index in [0.717, 1.165) is 50.6 Å². The molecule has 1 atom stereocenters. The average molecular weight is 353 g/mol. The van der Waals surface area contributed by atoms with Gasteiger partial charge in [-0.05, 0) is 30.9 Å². The molecule has 1 aliphatic carbocycles. The monoisotopic (exact) mass is 352 g/mol. The van der Waals surface area contributed by atoms with Gasteiger partial charge in [0.05, 0.1) is 5.56 Å². The minimum atomic E-state index is -4.52. The smallest absolute Gasteiger partial charge is 0.314 e. The highest BCUT2D eigenvalue weighted by Gasteiger charge is 2.42. The van der Waals surface area contributed by atoms with Gasteiger partial charge in [0, 0.05) is 37.8 Å². The Bertz CT molecular complexity index is 525. The first kappa shape index (κ1) is 18.5. The first-order chi connectivity index (χ1) is 10.5. The Kier molecular flexibility index (Phi) is 5.92. The Morgan fingerprint density at radius 3 is 2.30 bits per heavy atom. The predicted molar refractivity (Wildman–Crippen MR) is 83.2 cm³/mol. The lowest BCUT2D eigenvalue weighted by Crippen LogP contribution is -2.48. The third kappa shape index (κ3) is 3.80. The van der Waals surface area contributed by atoms with Crippen LogP contribution >= 0.6 is 12.4 Å². The lowest BCUT2D eigenvalue weighted by Gasteiger charge is -2.44. The summed E-state index contributed by atoms with van der Waals surface area (Å²) in [6, 6.07) is 2.84. The highest BCUT2D eigenvalue weighted by atomic mass is 35.5. The summed E-state index contributed by atoms with van der Waals surface area (Å²) in [6.45, 7) is 2.79. The summed E-state index contributed by atoms with van der Waals surface area (Å²) < 4.78 is 54.4. The normalized spacial score (nSPS) is 21.4. The van der Waals surface area contributed by atoms with Gasteiger partial charge in [-0.1, -0.05) is 12.5 Å². The maximum absolute atomic E-state index is 14.4. The van der Waals surface area contributed by atoms with Crippen molar-refractivity contribution in [3.05, 3.63) is 35.1 Å². The fourth-order valence-electron chi connectivity index (χ4n) is 3.52. The molecule has 0 radical (unpaired) electrons.